The van der Waals surface area contributed by atoms with Gasteiger partial charge in [0.25, 0.3) is 0 Å². The van der Waals surface area contributed by atoms with Gasteiger partial charge in [-0.25, -0.2) is 0 Å². The summed E-state index contributed by atoms with van der Waals surface area (Å²) in [7, 11) is 1.88. The molecule has 1 N–H and O–H groups in total. The number of halogens is 2. The summed E-state index contributed by atoms with van der Waals surface area (Å²) in [6.07, 6.45) is 0. The molecular formula is C16H14Cl2N4OS2. The summed E-state index contributed by atoms with van der Waals surface area (Å²) in [4.78, 5) is 13.5. The van der Waals surface area contributed by atoms with Crippen LogP contribution in [-0.2, 0) is 11.8 Å². The van der Waals surface area contributed by atoms with E-state index in [2.05, 4.69) is 15.5 Å². The maximum absolute atomic E-state index is 12.4. The average Bonchev–Trinajstić information content (AvgIpc) is 3.22. The molecule has 1 amide bonds. The van der Waals surface area contributed by atoms with Crippen molar-refractivity contribution in [3.05, 3.63) is 45.8 Å². The van der Waals surface area contributed by atoms with Gasteiger partial charge in [0, 0.05) is 7.05 Å². The predicted molar refractivity (Wildman–Crippen MR) is 105 cm³/mol. The second-order valence-corrected chi connectivity index (χ2v) is 8.23. The fourth-order valence-electron chi connectivity index (χ4n) is 2.08. The van der Waals surface area contributed by atoms with Gasteiger partial charge in [-0.3, -0.25) is 4.79 Å². The Bertz CT molecular complexity index is 896. The van der Waals surface area contributed by atoms with Crippen molar-refractivity contribution in [2.75, 3.05) is 5.32 Å². The molecule has 25 heavy (non-hydrogen) atoms. The van der Waals surface area contributed by atoms with E-state index in [0.29, 0.717) is 20.9 Å². The van der Waals surface area contributed by atoms with Crippen molar-refractivity contribution in [2.24, 2.45) is 7.05 Å². The third kappa shape index (κ3) is 4.00. The lowest BCUT2D eigenvalue weighted by Crippen LogP contribution is -2.23. The van der Waals surface area contributed by atoms with Crippen molar-refractivity contribution < 1.29 is 4.79 Å². The van der Waals surface area contributed by atoms with Gasteiger partial charge in [0.2, 0.25) is 5.91 Å². The van der Waals surface area contributed by atoms with Crippen LogP contribution < -0.4 is 5.32 Å². The lowest BCUT2D eigenvalue weighted by atomic mass is 10.3. The molecule has 0 aliphatic rings. The van der Waals surface area contributed by atoms with Crippen molar-refractivity contribution in [1.82, 2.24) is 14.8 Å². The summed E-state index contributed by atoms with van der Waals surface area (Å²) >= 11 is 15.0. The van der Waals surface area contributed by atoms with Gasteiger partial charge >= 0.3 is 0 Å². The van der Waals surface area contributed by atoms with E-state index in [1.165, 1.54) is 11.8 Å². The second-order valence-electron chi connectivity index (χ2n) is 5.19. The topological polar surface area (TPSA) is 59.8 Å². The third-order valence-electron chi connectivity index (χ3n) is 3.44. The Kier molecular flexibility index (Phi) is 5.68. The Morgan fingerprint density at radius 3 is 2.80 bits per heavy atom. The average molecular weight is 413 g/mol. The van der Waals surface area contributed by atoms with Crippen LogP contribution >= 0.6 is 46.3 Å². The lowest BCUT2D eigenvalue weighted by molar-refractivity contribution is -0.115. The monoisotopic (exact) mass is 412 g/mol. The van der Waals surface area contributed by atoms with Crippen molar-refractivity contribution in [2.45, 2.75) is 17.3 Å². The SMILES string of the molecule is CC(Sc1nnc(-c2cccs2)n1C)C(=O)Nc1cccc(Cl)c1Cl. The number of aromatic nitrogens is 3. The summed E-state index contributed by atoms with van der Waals surface area (Å²) < 4.78 is 1.88. The van der Waals surface area contributed by atoms with Crippen molar-refractivity contribution >= 4 is 57.9 Å². The van der Waals surface area contributed by atoms with Crippen LogP contribution in [0.1, 0.15) is 6.92 Å². The number of rotatable bonds is 5. The molecule has 1 aromatic carbocycles. The van der Waals surface area contributed by atoms with Gasteiger partial charge in [-0.05, 0) is 30.5 Å². The van der Waals surface area contributed by atoms with E-state index in [9.17, 15) is 4.79 Å². The zero-order chi connectivity index (χ0) is 18.0. The maximum atomic E-state index is 12.4. The highest BCUT2D eigenvalue weighted by Gasteiger charge is 2.20. The first-order valence-electron chi connectivity index (χ1n) is 7.32. The van der Waals surface area contributed by atoms with Crippen LogP contribution in [0, 0.1) is 0 Å². The summed E-state index contributed by atoms with van der Waals surface area (Å²) in [5.41, 5.74) is 0.490. The largest absolute Gasteiger partial charge is 0.324 e. The van der Waals surface area contributed by atoms with E-state index in [1.807, 2.05) is 29.1 Å². The number of hydrogen-bond acceptors (Lipinski definition) is 5. The standard InChI is InChI=1S/C16H14Cl2N4OS2/c1-9(15(23)19-11-6-3-5-10(17)13(11)18)25-16-21-20-14(22(16)2)12-7-4-8-24-12/h3-9H,1-2H3,(H,19,23). The molecule has 1 atom stereocenters. The quantitative estimate of drug-likeness (QED) is 0.600. The van der Waals surface area contributed by atoms with Crippen LogP contribution in [-0.4, -0.2) is 25.9 Å². The van der Waals surface area contributed by atoms with Crippen LogP contribution in [0.3, 0.4) is 0 Å². The number of benzene rings is 1. The molecule has 2 aromatic heterocycles. The van der Waals surface area contributed by atoms with Crippen molar-refractivity contribution in [1.29, 1.82) is 0 Å². The minimum Gasteiger partial charge on any atom is -0.324 e. The summed E-state index contributed by atoms with van der Waals surface area (Å²) in [6.45, 7) is 1.80. The minimum atomic E-state index is -0.380. The predicted octanol–water partition coefficient (Wildman–Crippen LogP) is 4.97. The molecule has 3 aromatic rings. The third-order valence-corrected chi connectivity index (χ3v) is 6.26. The first-order valence-corrected chi connectivity index (χ1v) is 9.83. The van der Waals surface area contributed by atoms with E-state index in [-0.39, 0.29) is 11.2 Å². The number of thiophene rings is 1. The smallest absolute Gasteiger partial charge is 0.237 e. The van der Waals surface area contributed by atoms with E-state index < -0.39 is 0 Å². The number of amides is 1. The number of thioether (sulfide) groups is 1. The van der Waals surface area contributed by atoms with Gasteiger partial charge in [-0.15, -0.1) is 21.5 Å². The van der Waals surface area contributed by atoms with Gasteiger partial charge < -0.3 is 9.88 Å². The highest BCUT2D eigenvalue weighted by molar-refractivity contribution is 8.00. The summed E-state index contributed by atoms with van der Waals surface area (Å²) in [5, 5.41) is 14.2. The molecule has 0 radical (unpaired) electrons. The number of anilines is 1. The molecule has 0 saturated carbocycles. The molecule has 2 heterocycles. The molecule has 0 bridgehead atoms. The molecule has 5 nitrogen and oxygen atoms in total. The van der Waals surface area contributed by atoms with Crippen LogP contribution in [0.15, 0.2) is 40.9 Å². The minimum absolute atomic E-state index is 0.185. The Morgan fingerprint density at radius 1 is 1.28 bits per heavy atom. The van der Waals surface area contributed by atoms with Crippen molar-refractivity contribution in [3.63, 3.8) is 0 Å². The van der Waals surface area contributed by atoms with E-state index in [4.69, 9.17) is 23.2 Å². The van der Waals surface area contributed by atoms with Gasteiger partial charge in [-0.1, -0.05) is 47.1 Å². The number of carbonyl (C=O) groups is 1. The Morgan fingerprint density at radius 2 is 2.08 bits per heavy atom. The van der Waals surface area contributed by atoms with E-state index >= 15 is 0 Å². The van der Waals surface area contributed by atoms with E-state index in [1.54, 1.807) is 36.5 Å². The molecule has 0 aliphatic carbocycles. The summed E-state index contributed by atoms with van der Waals surface area (Å²) in [6, 6.07) is 9.06. The molecule has 3 rings (SSSR count). The van der Waals surface area contributed by atoms with Crippen molar-refractivity contribution in [3.8, 4) is 10.7 Å². The first kappa shape index (κ1) is 18.3. The molecule has 0 aliphatic heterocycles. The molecule has 0 saturated heterocycles. The number of nitrogens with zero attached hydrogens (tertiary/aromatic N) is 3. The first-order chi connectivity index (χ1) is 12.0. The number of hydrogen-bond donors (Lipinski definition) is 1. The number of carbonyl (C=O) groups excluding carboxylic acids is 1. The van der Waals surface area contributed by atoms with Crippen LogP contribution in [0.5, 0.6) is 0 Å². The fraction of sp³-hybridized carbons (Fsp3) is 0.188. The van der Waals surface area contributed by atoms with Gasteiger partial charge in [-0.2, -0.15) is 0 Å². The molecular weight excluding hydrogens is 399 g/mol. The van der Waals surface area contributed by atoms with Crippen LogP contribution in [0.25, 0.3) is 10.7 Å². The zero-order valence-corrected chi connectivity index (χ0v) is 16.5. The molecule has 9 heteroatoms. The zero-order valence-electron chi connectivity index (χ0n) is 13.4. The van der Waals surface area contributed by atoms with Gasteiger partial charge in [0.15, 0.2) is 11.0 Å². The normalized spacial score (nSPS) is 12.2. The Hall–Kier alpha value is -1.54. The van der Waals surface area contributed by atoms with Crippen LogP contribution in [0.2, 0.25) is 10.0 Å². The molecule has 0 spiro atoms. The Labute approximate surface area is 163 Å². The fourth-order valence-corrected chi connectivity index (χ4v) is 3.99. The Balaban J connectivity index is 1.71. The van der Waals surface area contributed by atoms with Gasteiger partial charge in [0.1, 0.15) is 0 Å². The number of nitrogens with one attached hydrogen (secondary N) is 1. The van der Waals surface area contributed by atoms with Gasteiger partial charge in [0.05, 0.1) is 25.9 Å². The molecule has 1 unspecified atom stereocenters. The van der Waals surface area contributed by atoms with Crippen LogP contribution in [0.4, 0.5) is 5.69 Å². The maximum Gasteiger partial charge on any atom is 0.237 e. The second kappa shape index (κ2) is 7.78. The highest BCUT2D eigenvalue weighted by Crippen LogP contribution is 2.31. The molecule has 0 fully saturated rings. The molecule has 130 valence electrons. The highest BCUT2D eigenvalue weighted by atomic mass is 35.5. The van der Waals surface area contributed by atoms with E-state index in [0.717, 1.165) is 10.7 Å². The lowest BCUT2D eigenvalue weighted by Gasteiger charge is -2.13. The summed E-state index contributed by atoms with van der Waals surface area (Å²) in [5.74, 6) is 0.595.